The van der Waals surface area contributed by atoms with Gasteiger partial charge in [-0.3, -0.25) is 4.79 Å². The summed E-state index contributed by atoms with van der Waals surface area (Å²) in [5, 5.41) is 2.90. The Hall–Kier alpha value is -2.43. The molecule has 3 rings (SSSR count). The molecule has 27 heavy (non-hydrogen) atoms. The Labute approximate surface area is 162 Å². The lowest BCUT2D eigenvalue weighted by Crippen LogP contribution is -2.39. The van der Waals surface area contributed by atoms with Crippen LogP contribution in [-0.4, -0.2) is 28.5 Å². The molecule has 1 aromatic heterocycles. The average Bonchev–Trinajstić information content (AvgIpc) is 2.68. The summed E-state index contributed by atoms with van der Waals surface area (Å²) in [5.74, 6) is 0.635. The minimum Gasteiger partial charge on any atom is -0.352 e. The number of anilines is 2. The van der Waals surface area contributed by atoms with Gasteiger partial charge in [-0.2, -0.15) is 0 Å². The first-order chi connectivity index (χ1) is 12.9. The molecule has 2 aromatic rings. The molecular weight excluding hydrogens is 336 g/mol. The fraction of sp³-hybridized carbons (Fsp3) is 0.500. The van der Waals surface area contributed by atoms with Gasteiger partial charge in [-0.15, -0.1) is 0 Å². The van der Waals surface area contributed by atoms with Crippen molar-refractivity contribution in [1.29, 1.82) is 0 Å². The van der Waals surface area contributed by atoms with E-state index in [-0.39, 0.29) is 11.3 Å². The SMILES string of the molecule is CCC1CCCCN1c1cnc(C(=O)Nc2ccc(C(C)(C)C)cc2)cn1. The summed E-state index contributed by atoms with van der Waals surface area (Å²) in [6.07, 6.45) is 8.07. The molecule has 2 heterocycles. The molecule has 0 spiro atoms. The first-order valence-electron chi connectivity index (χ1n) is 9.89. The average molecular weight is 367 g/mol. The number of nitrogens with zero attached hydrogens (tertiary/aromatic N) is 3. The number of aromatic nitrogens is 2. The zero-order chi connectivity index (χ0) is 19.4. The topological polar surface area (TPSA) is 58.1 Å². The van der Waals surface area contributed by atoms with Gasteiger partial charge in [-0.1, -0.05) is 39.8 Å². The fourth-order valence-electron chi connectivity index (χ4n) is 3.56. The number of carbonyl (C=O) groups excluding carboxylic acids is 1. The maximum absolute atomic E-state index is 12.5. The Bertz CT molecular complexity index is 762. The zero-order valence-electron chi connectivity index (χ0n) is 16.8. The maximum atomic E-state index is 12.5. The molecular formula is C22H30N4O. The standard InChI is InChI=1S/C22H30N4O/c1-5-18-8-6-7-13-26(18)20-15-23-19(14-24-20)21(27)25-17-11-9-16(10-12-17)22(2,3)4/h9-12,14-15,18H,5-8,13H2,1-4H3,(H,25,27). The van der Waals surface area contributed by atoms with Crippen LogP contribution in [0.25, 0.3) is 0 Å². The van der Waals surface area contributed by atoms with Crippen molar-refractivity contribution in [1.82, 2.24) is 9.97 Å². The van der Waals surface area contributed by atoms with Gasteiger partial charge in [-0.25, -0.2) is 9.97 Å². The van der Waals surface area contributed by atoms with Crippen molar-refractivity contribution in [2.45, 2.75) is 64.8 Å². The van der Waals surface area contributed by atoms with Gasteiger partial charge in [0, 0.05) is 18.3 Å². The van der Waals surface area contributed by atoms with Crippen molar-refractivity contribution in [2.75, 3.05) is 16.8 Å². The van der Waals surface area contributed by atoms with Crippen LogP contribution in [0.15, 0.2) is 36.7 Å². The number of carbonyl (C=O) groups is 1. The Kier molecular flexibility index (Phi) is 5.78. The third-order valence-corrected chi connectivity index (χ3v) is 5.27. The highest BCUT2D eigenvalue weighted by Crippen LogP contribution is 2.25. The highest BCUT2D eigenvalue weighted by molar-refractivity contribution is 6.02. The van der Waals surface area contributed by atoms with Crippen molar-refractivity contribution in [3.63, 3.8) is 0 Å². The van der Waals surface area contributed by atoms with Gasteiger partial charge in [0.15, 0.2) is 0 Å². The van der Waals surface area contributed by atoms with Crippen LogP contribution in [0.4, 0.5) is 11.5 Å². The molecule has 144 valence electrons. The van der Waals surface area contributed by atoms with Gasteiger partial charge in [0.25, 0.3) is 5.91 Å². The molecule has 1 aliphatic rings. The Balaban J connectivity index is 1.67. The molecule has 5 heteroatoms. The number of piperidine rings is 1. The van der Waals surface area contributed by atoms with E-state index in [0.717, 1.165) is 24.5 Å². The lowest BCUT2D eigenvalue weighted by molar-refractivity contribution is 0.102. The fourth-order valence-corrected chi connectivity index (χ4v) is 3.56. The van der Waals surface area contributed by atoms with E-state index in [4.69, 9.17) is 0 Å². The van der Waals surface area contributed by atoms with Crippen LogP contribution in [0, 0.1) is 0 Å². The minimum absolute atomic E-state index is 0.0919. The van der Waals surface area contributed by atoms with Crippen molar-refractivity contribution < 1.29 is 4.79 Å². The van der Waals surface area contributed by atoms with Gasteiger partial charge in [0.2, 0.25) is 0 Å². The second kappa shape index (κ2) is 8.07. The second-order valence-corrected chi connectivity index (χ2v) is 8.29. The summed E-state index contributed by atoms with van der Waals surface area (Å²) < 4.78 is 0. The number of nitrogens with one attached hydrogen (secondary N) is 1. The Morgan fingerprint density at radius 2 is 1.89 bits per heavy atom. The van der Waals surface area contributed by atoms with E-state index in [1.54, 1.807) is 12.4 Å². The summed E-state index contributed by atoms with van der Waals surface area (Å²) in [4.78, 5) is 23.7. The van der Waals surface area contributed by atoms with Crippen LogP contribution >= 0.6 is 0 Å². The quantitative estimate of drug-likeness (QED) is 0.845. The molecule has 1 atom stereocenters. The molecule has 1 aromatic carbocycles. The highest BCUT2D eigenvalue weighted by Gasteiger charge is 2.22. The first kappa shape index (κ1) is 19.3. The second-order valence-electron chi connectivity index (χ2n) is 8.29. The molecule has 0 saturated carbocycles. The van der Waals surface area contributed by atoms with E-state index in [1.165, 1.54) is 24.8 Å². The molecule has 1 amide bonds. The predicted molar refractivity (Wildman–Crippen MR) is 110 cm³/mol. The van der Waals surface area contributed by atoms with Crippen LogP contribution in [0.5, 0.6) is 0 Å². The zero-order valence-corrected chi connectivity index (χ0v) is 16.8. The summed E-state index contributed by atoms with van der Waals surface area (Å²) in [5.41, 5.74) is 2.43. The molecule has 1 aliphatic heterocycles. The molecule has 0 radical (unpaired) electrons. The Morgan fingerprint density at radius 1 is 1.15 bits per heavy atom. The molecule has 0 aliphatic carbocycles. The van der Waals surface area contributed by atoms with Crippen LogP contribution < -0.4 is 10.2 Å². The highest BCUT2D eigenvalue weighted by atomic mass is 16.1. The lowest BCUT2D eigenvalue weighted by Gasteiger charge is -2.35. The van der Waals surface area contributed by atoms with Gasteiger partial charge in [-0.05, 0) is 48.8 Å². The summed E-state index contributed by atoms with van der Waals surface area (Å²) in [6, 6.07) is 8.48. The van der Waals surface area contributed by atoms with E-state index < -0.39 is 0 Å². The number of rotatable bonds is 4. The predicted octanol–water partition coefficient (Wildman–Crippen LogP) is 4.80. The normalized spacial score (nSPS) is 17.6. The third-order valence-electron chi connectivity index (χ3n) is 5.27. The van der Waals surface area contributed by atoms with E-state index in [0.29, 0.717) is 11.7 Å². The van der Waals surface area contributed by atoms with Gasteiger partial charge < -0.3 is 10.2 Å². The largest absolute Gasteiger partial charge is 0.352 e. The minimum atomic E-state index is -0.233. The van der Waals surface area contributed by atoms with Gasteiger partial charge in [0.05, 0.1) is 12.4 Å². The maximum Gasteiger partial charge on any atom is 0.275 e. The number of amides is 1. The number of hydrogen-bond acceptors (Lipinski definition) is 4. The number of hydrogen-bond donors (Lipinski definition) is 1. The summed E-state index contributed by atoms with van der Waals surface area (Å²) in [6.45, 7) is 9.73. The smallest absolute Gasteiger partial charge is 0.275 e. The van der Waals surface area contributed by atoms with E-state index in [1.807, 2.05) is 24.3 Å². The number of benzene rings is 1. The van der Waals surface area contributed by atoms with Crippen LogP contribution in [-0.2, 0) is 5.41 Å². The van der Waals surface area contributed by atoms with Crippen LogP contribution in [0.2, 0.25) is 0 Å². The monoisotopic (exact) mass is 366 g/mol. The lowest BCUT2D eigenvalue weighted by atomic mass is 9.87. The van der Waals surface area contributed by atoms with Gasteiger partial charge >= 0.3 is 0 Å². The third kappa shape index (κ3) is 4.65. The van der Waals surface area contributed by atoms with E-state index in [2.05, 4.69) is 47.9 Å². The van der Waals surface area contributed by atoms with Crippen LogP contribution in [0.3, 0.4) is 0 Å². The molecule has 1 saturated heterocycles. The summed E-state index contributed by atoms with van der Waals surface area (Å²) >= 11 is 0. The molecule has 5 nitrogen and oxygen atoms in total. The molecule has 0 bridgehead atoms. The molecule has 1 unspecified atom stereocenters. The van der Waals surface area contributed by atoms with E-state index in [9.17, 15) is 4.79 Å². The first-order valence-corrected chi connectivity index (χ1v) is 9.89. The molecule has 1 N–H and O–H groups in total. The van der Waals surface area contributed by atoms with E-state index >= 15 is 0 Å². The van der Waals surface area contributed by atoms with Crippen molar-refractivity contribution >= 4 is 17.4 Å². The molecule has 1 fully saturated rings. The Morgan fingerprint density at radius 3 is 2.48 bits per heavy atom. The summed E-state index contributed by atoms with van der Waals surface area (Å²) in [7, 11) is 0. The van der Waals surface area contributed by atoms with Crippen LogP contribution in [0.1, 0.15) is 69.4 Å². The van der Waals surface area contributed by atoms with Crippen molar-refractivity contribution in [2.24, 2.45) is 0 Å². The van der Waals surface area contributed by atoms with Gasteiger partial charge in [0.1, 0.15) is 11.5 Å². The van der Waals surface area contributed by atoms with Crippen molar-refractivity contribution in [3.8, 4) is 0 Å². The van der Waals surface area contributed by atoms with Crippen molar-refractivity contribution in [3.05, 3.63) is 47.9 Å².